The first-order valence-electron chi connectivity index (χ1n) is 8.41. The number of anilines is 1. The highest BCUT2D eigenvalue weighted by molar-refractivity contribution is 7.14. The van der Waals surface area contributed by atoms with E-state index in [1.165, 1.54) is 16.2 Å². The topological polar surface area (TPSA) is 69.6 Å². The van der Waals surface area contributed by atoms with Crippen LogP contribution in [0.2, 0.25) is 0 Å². The molecule has 2 aromatic rings. The van der Waals surface area contributed by atoms with Crippen molar-refractivity contribution in [3.05, 3.63) is 38.8 Å². The van der Waals surface area contributed by atoms with Crippen LogP contribution >= 0.6 is 11.3 Å². The number of aromatic nitrogens is 2. The van der Waals surface area contributed by atoms with Gasteiger partial charge in [-0.25, -0.2) is 9.97 Å². The molecule has 7 nitrogen and oxygen atoms in total. The van der Waals surface area contributed by atoms with Crippen LogP contribution in [0.1, 0.15) is 36.2 Å². The average molecular weight is 373 g/mol. The summed E-state index contributed by atoms with van der Waals surface area (Å²) >= 11 is 1.53. The fourth-order valence-electron chi connectivity index (χ4n) is 2.88. The fraction of sp³-hybridized carbons (Fsp3) is 0.444. The minimum Gasteiger partial charge on any atom is -0.347 e. The van der Waals surface area contributed by atoms with Gasteiger partial charge >= 0.3 is 0 Å². The molecule has 26 heavy (non-hydrogen) atoms. The number of hydrogen-bond donors (Lipinski definition) is 0. The van der Waals surface area contributed by atoms with E-state index in [1.807, 2.05) is 32.0 Å². The first-order valence-corrected chi connectivity index (χ1v) is 9.23. The predicted octanol–water partition coefficient (Wildman–Crippen LogP) is 1.81. The van der Waals surface area contributed by atoms with Gasteiger partial charge in [0.15, 0.2) is 0 Å². The second kappa shape index (κ2) is 7.03. The SMILES string of the molecule is Cc1nc(N(C)C)ncc1C(=O)N1CCc2sc(C(=O)N(C)C)cc2C1. The van der Waals surface area contributed by atoms with Crippen LogP contribution in [0.5, 0.6) is 0 Å². The lowest BCUT2D eigenvalue weighted by atomic mass is 10.1. The van der Waals surface area contributed by atoms with Crippen molar-refractivity contribution in [2.75, 3.05) is 39.6 Å². The molecule has 0 fully saturated rings. The number of carbonyl (C=O) groups is 2. The Morgan fingerprint density at radius 1 is 1.23 bits per heavy atom. The summed E-state index contributed by atoms with van der Waals surface area (Å²) in [6, 6.07) is 1.92. The summed E-state index contributed by atoms with van der Waals surface area (Å²) in [6.45, 7) is 2.98. The van der Waals surface area contributed by atoms with Gasteiger partial charge in [0.1, 0.15) is 0 Å². The minimum atomic E-state index is -0.0647. The molecule has 0 spiro atoms. The zero-order chi connectivity index (χ0) is 19.0. The van der Waals surface area contributed by atoms with Gasteiger partial charge < -0.3 is 14.7 Å². The largest absolute Gasteiger partial charge is 0.347 e. The number of aryl methyl sites for hydroxylation is 1. The van der Waals surface area contributed by atoms with Gasteiger partial charge in [0.25, 0.3) is 11.8 Å². The quantitative estimate of drug-likeness (QED) is 0.821. The molecule has 0 saturated heterocycles. The van der Waals surface area contributed by atoms with Crippen molar-refractivity contribution in [2.24, 2.45) is 0 Å². The Morgan fingerprint density at radius 2 is 1.96 bits per heavy atom. The maximum Gasteiger partial charge on any atom is 0.263 e. The monoisotopic (exact) mass is 373 g/mol. The van der Waals surface area contributed by atoms with Crippen LogP contribution < -0.4 is 4.90 Å². The van der Waals surface area contributed by atoms with E-state index >= 15 is 0 Å². The molecule has 0 aliphatic carbocycles. The molecule has 138 valence electrons. The molecule has 3 heterocycles. The van der Waals surface area contributed by atoms with Crippen molar-refractivity contribution in [2.45, 2.75) is 19.9 Å². The van der Waals surface area contributed by atoms with Gasteiger partial charge in [-0.05, 0) is 25.0 Å². The molecule has 0 N–H and O–H groups in total. The van der Waals surface area contributed by atoms with E-state index in [2.05, 4.69) is 9.97 Å². The van der Waals surface area contributed by atoms with Crippen LogP contribution in [0.4, 0.5) is 5.95 Å². The van der Waals surface area contributed by atoms with Gasteiger partial charge in [-0.15, -0.1) is 11.3 Å². The summed E-state index contributed by atoms with van der Waals surface area (Å²) < 4.78 is 0. The highest BCUT2D eigenvalue weighted by Crippen LogP contribution is 2.29. The van der Waals surface area contributed by atoms with Crippen LogP contribution in [-0.2, 0) is 13.0 Å². The Balaban J connectivity index is 1.80. The zero-order valence-corrected chi connectivity index (χ0v) is 16.6. The Kier molecular flexibility index (Phi) is 4.95. The standard InChI is InChI=1S/C18H23N5O2S/c1-11-13(9-19-18(20-11)22(4)5)16(24)23-7-6-14-12(10-23)8-15(26-14)17(25)21(2)3/h8-9H,6-7,10H2,1-5H3. The van der Waals surface area contributed by atoms with Crippen LogP contribution in [-0.4, -0.2) is 66.3 Å². The first kappa shape index (κ1) is 18.3. The lowest BCUT2D eigenvalue weighted by Crippen LogP contribution is -2.36. The molecule has 0 radical (unpaired) electrons. The van der Waals surface area contributed by atoms with Crippen LogP contribution in [0.25, 0.3) is 0 Å². The van der Waals surface area contributed by atoms with Gasteiger partial charge in [-0.2, -0.15) is 0 Å². The molecular weight excluding hydrogens is 350 g/mol. The molecule has 3 rings (SSSR count). The van der Waals surface area contributed by atoms with Crippen molar-refractivity contribution in [3.8, 4) is 0 Å². The molecule has 0 saturated carbocycles. The maximum absolute atomic E-state index is 12.9. The van der Waals surface area contributed by atoms with E-state index in [9.17, 15) is 9.59 Å². The Hall–Kier alpha value is -2.48. The maximum atomic E-state index is 12.9. The molecule has 0 unspecified atom stereocenters. The predicted molar refractivity (Wildman–Crippen MR) is 102 cm³/mol. The van der Waals surface area contributed by atoms with Crippen LogP contribution in [0, 0.1) is 6.92 Å². The van der Waals surface area contributed by atoms with Crippen molar-refractivity contribution in [3.63, 3.8) is 0 Å². The fourth-order valence-corrected chi connectivity index (χ4v) is 4.07. The van der Waals surface area contributed by atoms with Crippen molar-refractivity contribution < 1.29 is 9.59 Å². The summed E-state index contributed by atoms with van der Waals surface area (Å²) in [5.74, 6) is 0.528. The van der Waals surface area contributed by atoms with Gasteiger partial charge in [-0.3, -0.25) is 9.59 Å². The second-order valence-corrected chi connectivity index (χ2v) is 7.94. The Morgan fingerprint density at radius 3 is 2.58 bits per heavy atom. The number of rotatable bonds is 3. The highest BCUT2D eigenvalue weighted by atomic mass is 32.1. The molecule has 1 aliphatic rings. The van der Waals surface area contributed by atoms with Crippen LogP contribution in [0.15, 0.2) is 12.3 Å². The van der Waals surface area contributed by atoms with Gasteiger partial charge in [0, 0.05) is 52.4 Å². The molecular formula is C18H23N5O2S. The third kappa shape index (κ3) is 3.41. The Bertz CT molecular complexity index is 859. The van der Waals surface area contributed by atoms with E-state index in [0.717, 1.165) is 16.9 Å². The number of carbonyl (C=O) groups excluding carboxylic acids is 2. The van der Waals surface area contributed by atoms with Crippen molar-refractivity contribution in [1.29, 1.82) is 0 Å². The number of thiophene rings is 1. The summed E-state index contributed by atoms with van der Waals surface area (Å²) in [4.78, 5) is 40.9. The third-order valence-electron chi connectivity index (χ3n) is 4.37. The third-order valence-corrected chi connectivity index (χ3v) is 5.59. The van der Waals surface area contributed by atoms with Gasteiger partial charge in [0.05, 0.1) is 16.1 Å². The van der Waals surface area contributed by atoms with Crippen molar-refractivity contribution >= 4 is 29.1 Å². The molecule has 0 bridgehead atoms. The van der Waals surface area contributed by atoms with E-state index in [1.54, 1.807) is 30.1 Å². The molecule has 2 aromatic heterocycles. The van der Waals surface area contributed by atoms with E-state index in [0.29, 0.717) is 30.3 Å². The summed E-state index contributed by atoms with van der Waals surface area (Å²) in [7, 11) is 7.23. The molecule has 8 heteroatoms. The normalized spacial score (nSPS) is 13.3. The first-order chi connectivity index (χ1) is 12.3. The summed E-state index contributed by atoms with van der Waals surface area (Å²) in [5, 5.41) is 0. The molecule has 2 amide bonds. The molecule has 0 aromatic carbocycles. The second-order valence-electron chi connectivity index (χ2n) is 6.80. The smallest absolute Gasteiger partial charge is 0.263 e. The lowest BCUT2D eigenvalue weighted by Gasteiger charge is -2.27. The van der Waals surface area contributed by atoms with E-state index in [4.69, 9.17) is 0 Å². The van der Waals surface area contributed by atoms with Crippen molar-refractivity contribution in [1.82, 2.24) is 19.8 Å². The lowest BCUT2D eigenvalue weighted by molar-refractivity contribution is 0.0734. The number of fused-ring (bicyclic) bond motifs is 1. The average Bonchev–Trinajstić information content (AvgIpc) is 3.03. The van der Waals surface area contributed by atoms with Gasteiger partial charge in [0.2, 0.25) is 5.95 Å². The highest BCUT2D eigenvalue weighted by Gasteiger charge is 2.26. The van der Waals surface area contributed by atoms with E-state index < -0.39 is 0 Å². The summed E-state index contributed by atoms with van der Waals surface area (Å²) in [5.41, 5.74) is 2.26. The molecule has 0 atom stereocenters. The number of nitrogens with zero attached hydrogens (tertiary/aromatic N) is 5. The zero-order valence-electron chi connectivity index (χ0n) is 15.7. The molecule has 1 aliphatic heterocycles. The van der Waals surface area contributed by atoms with E-state index in [-0.39, 0.29) is 11.8 Å². The van der Waals surface area contributed by atoms with Crippen LogP contribution in [0.3, 0.4) is 0 Å². The number of hydrogen-bond acceptors (Lipinski definition) is 6. The Labute approximate surface area is 157 Å². The number of amides is 2. The minimum absolute atomic E-state index is 0.00537. The summed E-state index contributed by atoms with van der Waals surface area (Å²) in [6.07, 6.45) is 2.37. The van der Waals surface area contributed by atoms with Gasteiger partial charge in [-0.1, -0.05) is 0 Å².